The number of aliphatic hydroxyl groups is 2. The lowest BCUT2D eigenvalue weighted by Crippen LogP contribution is -2.39. The third kappa shape index (κ3) is 0.967. The van der Waals surface area contributed by atoms with E-state index in [1.54, 1.807) is 0 Å². The molecular formula is C7H10F2O3. The molecular weight excluding hydrogens is 170 g/mol. The van der Waals surface area contributed by atoms with Gasteiger partial charge in [0.05, 0.1) is 0 Å². The summed E-state index contributed by atoms with van der Waals surface area (Å²) in [6.07, 6.45) is -3.76. The molecule has 4 unspecified atom stereocenters. The minimum atomic E-state index is -3.19. The molecule has 2 N–H and O–H groups in total. The van der Waals surface area contributed by atoms with E-state index in [0.717, 1.165) is 0 Å². The van der Waals surface area contributed by atoms with Crippen LogP contribution in [0, 0.1) is 5.92 Å². The molecule has 70 valence electrons. The van der Waals surface area contributed by atoms with Crippen LogP contribution in [0.3, 0.4) is 0 Å². The molecule has 0 spiro atoms. The second-order valence-corrected chi connectivity index (χ2v) is 3.43. The fraction of sp³-hybridized carbons (Fsp3) is 1.00. The van der Waals surface area contributed by atoms with E-state index in [4.69, 9.17) is 10.2 Å². The van der Waals surface area contributed by atoms with Crippen LogP contribution in [-0.2, 0) is 4.74 Å². The second kappa shape index (κ2) is 2.37. The van der Waals surface area contributed by atoms with E-state index >= 15 is 0 Å². The van der Waals surface area contributed by atoms with Gasteiger partial charge in [-0.15, -0.1) is 0 Å². The van der Waals surface area contributed by atoms with Crippen molar-refractivity contribution in [2.45, 2.75) is 37.3 Å². The summed E-state index contributed by atoms with van der Waals surface area (Å²) < 4.78 is 30.6. The third-order valence-electron chi connectivity index (χ3n) is 2.59. The fourth-order valence-corrected chi connectivity index (χ4v) is 1.98. The summed E-state index contributed by atoms with van der Waals surface area (Å²) in [6.45, 7) is 0. The zero-order valence-corrected chi connectivity index (χ0v) is 6.28. The number of fused-ring (bicyclic) bond motifs is 1. The van der Waals surface area contributed by atoms with Crippen LogP contribution in [0.2, 0.25) is 0 Å². The summed E-state index contributed by atoms with van der Waals surface area (Å²) in [5.41, 5.74) is 0. The van der Waals surface area contributed by atoms with Crippen molar-refractivity contribution in [3.8, 4) is 0 Å². The molecule has 0 aromatic rings. The van der Waals surface area contributed by atoms with E-state index < -0.39 is 30.3 Å². The number of hydrogen-bond acceptors (Lipinski definition) is 3. The smallest absolute Gasteiger partial charge is 0.299 e. The Bertz CT molecular complexity index is 197. The average molecular weight is 180 g/mol. The molecule has 0 amide bonds. The minimum Gasteiger partial charge on any atom is -0.387 e. The molecule has 1 heterocycles. The summed E-state index contributed by atoms with van der Waals surface area (Å²) in [4.78, 5) is 0. The summed E-state index contributed by atoms with van der Waals surface area (Å²) >= 11 is 0. The number of hydrogen-bond donors (Lipinski definition) is 2. The van der Waals surface area contributed by atoms with E-state index in [9.17, 15) is 8.78 Å². The highest BCUT2D eigenvalue weighted by Gasteiger charge is 2.61. The molecule has 0 aromatic carbocycles. The van der Waals surface area contributed by atoms with Crippen molar-refractivity contribution in [2.75, 3.05) is 0 Å². The molecule has 0 bridgehead atoms. The first kappa shape index (κ1) is 8.34. The molecule has 2 aliphatic rings. The largest absolute Gasteiger partial charge is 0.387 e. The fourth-order valence-electron chi connectivity index (χ4n) is 1.98. The quantitative estimate of drug-likeness (QED) is 0.556. The highest BCUT2D eigenvalue weighted by molar-refractivity contribution is 5.01. The molecule has 3 nitrogen and oxygen atoms in total. The Balaban J connectivity index is 2.18. The Morgan fingerprint density at radius 1 is 1.25 bits per heavy atom. The van der Waals surface area contributed by atoms with Crippen LogP contribution >= 0.6 is 0 Å². The molecule has 12 heavy (non-hydrogen) atoms. The highest BCUT2D eigenvalue weighted by atomic mass is 19.3. The van der Waals surface area contributed by atoms with Gasteiger partial charge in [-0.3, -0.25) is 0 Å². The molecule has 4 atom stereocenters. The summed E-state index contributed by atoms with van der Waals surface area (Å²) in [6, 6.07) is 0. The predicted molar refractivity (Wildman–Crippen MR) is 34.6 cm³/mol. The van der Waals surface area contributed by atoms with Gasteiger partial charge in [-0.25, -0.2) is 8.78 Å². The molecule has 1 aliphatic carbocycles. The van der Waals surface area contributed by atoms with Gasteiger partial charge in [0.25, 0.3) is 5.92 Å². The van der Waals surface area contributed by atoms with E-state index in [2.05, 4.69) is 4.74 Å². The van der Waals surface area contributed by atoms with E-state index in [-0.39, 0.29) is 12.8 Å². The first-order valence-corrected chi connectivity index (χ1v) is 3.91. The maximum absolute atomic E-state index is 13.0. The van der Waals surface area contributed by atoms with Crippen LogP contribution in [0.15, 0.2) is 0 Å². The van der Waals surface area contributed by atoms with Crippen molar-refractivity contribution >= 4 is 0 Å². The Hall–Kier alpha value is -0.260. The molecule has 2 fully saturated rings. The minimum absolute atomic E-state index is 0.0225. The van der Waals surface area contributed by atoms with Crippen LogP contribution < -0.4 is 0 Å². The van der Waals surface area contributed by atoms with Gasteiger partial charge in [0.15, 0.2) is 6.29 Å². The molecule has 2 rings (SSSR count). The molecule has 0 aromatic heterocycles. The van der Waals surface area contributed by atoms with Gasteiger partial charge in [-0.1, -0.05) is 0 Å². The Kier molecular flexibility index (Phi) is 1.65. The van der Waals surface area contributed by atoms with Crippen LogP contribution in [-0.4, -0.2) is 34.6 Å². The molecule has 1 saturated heterocycles. The molecule has 5 heteroatoms. The second-order valence-electron chi connectivity index (χ2n) is 3.43. The lowest BCUT2D eigenvalue weighted by Gasteiger charge is -2.20. The van der Waals surface area contributed by atoms with Gasteiger partial charge in [0.2, 0.25) is 0 Å². The van der Waals surface area contributed by atoms with Crippen LogP contribution in [0.25, 0.3) is 0 Å². The normalized spacial score (nSPS) is 51.0. The Morgan fingerprint density at radius 3 is 2.50 bits per heavy atom. The highest BCUT2D eigenvalue weighted by Crippen LogP contribution is 2.47. The maximum Gasteiger partial charge on any atom is 0.299 e. The topological polar surface area (TPSA) is 49.7 Å². The maximum atomic E-state index is 13.0. The van der Waals surface area contributed by atoms with E-state index in [0.29, 0.717) is 0 Å². The molecule has 1 saturated carbocycles. The summed E-state index contributed by atoms with van der Waals surface area (Å²) in [5, 5.41) is 17.9. The SMILES string of the molecule is OC1CC2CC(O)C(F)(F)C2O1. The molecule has 1 aliphatic heterocycles. The predicted octanol–water partition coefficient (Wildman–Crippen LogP) is 0.110. The van der Waals surface area contributed by atoms with Gasteiger partial charge in [0, 0.05) is 6.42 Å². The number of ether oxygens (including phenoxy) is 1. The zero-order valence-electron chi connectivity index (χ0n) is 6.28. The number of alkyl halides is 2. The van der Waals surface area contributed by atoms with Gasteiger partial charge < -0.3 is 14.9 Å². The van der Waals surface area contributed by atoms with Crippen molar-refractivity contribution < 1.29 is 23.7 Å². The molecule has 0 radical (unpaired) electrons. The first-order valence-electron chi connectivity index (χ1n) is 3.91. The van der Waals surface area contributed by atoms with Crippen molar-refractivity contribution in [3.63, 3.8) is 0 Å². The zero-order chi connectivity index (χ0) is 8.93. The van der Waals surface area contributed by atoms with Crippen LogP contribution in [0.4, 0.5) is 8.78 Å². The van der Waals surface area contributed by atoms with Gasteiger partial charge in [0.1, 0.15) is 12.2 Å². The third-order valence-corrected chi connectivity index (χ3v) is 2.59. The van der Waals surface area contributed by atoms with E-state index in [1.165, 1.54) is 0 Å². The summed E-state index contributed by atoms with van der Waals surface area (Å²) in [5.74, 6) is -3.59. The van der Waals surface area contributed by atoms with Crippen molar-refractivity contribution in [3.05, 3.63) is 0 Å². The number of halogens is 2. The van der Waals surface area contributed by atoms with E-state index in [1.807, 2.05) is 0 Å². The van der Waals surface area contributed by atoms with Crippen LogP contribution in [0.5, 0.6) is 0 Å². The Labute approximate surface area is 68.0 Å². The van der Waals surface area contributed by atoms with Gasteiger partial charge in [-0.2, -0.15) is 0 Å². The van der Waals surface area contributed by atoms with Gasteiger partial charge in [-0.05, 0) is 12.3 Å². The van der Waals surface area contributed by atoms with Crippen molar-refractivity contribution in [2.24, 2.45) is 5.92 Å². The standard InChI is InChI=1S/C7H10F2O3/c8-7(9)4(10)1-3-2-5(11)12-6(3)7/h3-6,10-11H,1-2H2. The van der Waals surface area contributed by atoms with Gasteiger partial charge >= 0.3 is 0 Å². The number of aliphatic hydroxyl groups excluding tert-OH is 2. The lowest BCUT2D eigenvalue weighted by molar-refractivity contribution is -0.196. The lowest BCUT2D eigenvalue weighted by atomic mass is 10.0. The monoisotopic (exact) mass is 180 g/mol. The van der Waals surface area contributed by atoms with Crippen molar-refractivity contribution in [1.82, 2.24) is 0 Å². The Morgan fingerprint density at radius 2 is 1.92 bits per heavy atom. The number of rotatable bonds is 0. The van der Waals surface area contributed by atoms with Crippen LogP contribution in [0.1, 0.15) is 12.8 Å². The summed E-state index contributed by atoms with van der Waals surface area (Å²) in [7, 11) is 0. The average Bonchev–Trinajstić information content (AvgIpc) is 2.38. The first-order chi connectivity index (χ1) is 5.51. The van der Waals surface area contributed by atoms with Crippen molar-refractivity contribution in [1.29, 1.82) is 0 Å².